The first kappa shape index (κ1) is 19.2. The van der Waals surface area contributed by atoms with Crippen LogP contribution in [0.15, 0.2) is 17.2 Å². The maximum Gasteiger partial charge on any atom is 0.297 e. The fourth-order valence-corrected chi connectivity index (χ4v) is 2.95. The largest absolute Gasteiger partial charge is 0.389 e. The molecule has 0 radical (unpaired) electrons. The number of hydrazone groups is 1. The monoisotopic (exact) mass is 395 g/mol. The highest BCUT2D eigenvalue weighted by Crippen LogP contribution is 2.30. The average molecular weight is 395 g/mol. The van der Waals surface area contributed by atoms with Crippen LogP contribution in [0.4, 0.5) is 24.5 Å². The smallest absolute Gasteiger partial charge is 0.297 e. The normalized spacial score (nSPS) is 14.9. The summed E-state index contributed by atoms with van der Waals surface area (Å²) in [5, 5.41) is 4.68. The fraction of sp³-hybridized carbons (Fsp3) is 0.385. The van der Waals surface area contributed by atoms with E-state index in [1.165, 1.54) is 14.0 Å². The number of nitrogens with zero attached hydrogens (tertiary/aromatic N) is 3. The van der Waals surface area contributed by atoms with Gasteiger partial charge in [-0.2, -0.15) is 5.10 Å². The van der Waals surface area contributed by atoms with Gasteiger partial charge in [0.05, 0.1) is 17.1 Å². The number of alkyl halides is 2. The number of rotatable bonds is 6. The Morgan fingerprint density at radius 3 is 2.60 bits per heavy atom. The van der Waals surface area contributed by atoms with E-state index in [9.17, 15) is 21.6 Å². The zero-order valence-corrected chi connectivity index (χ0v) is 15.0. The Bertz CT molecular complexity index is 829. The Hall–Kier alpha value is -2.08. The van der Waals surface area contributed by atoms with Gasteiger partial charge in [0.25, 0.3) is 6.43 Å². The highest BCUT2D eigenvalue weighted by atomic mass is 32.2. The molecule has 0 atom stereocenters. The Morgan fingerprint density at radius 1 is 1.48 bits per heavy atom. The lowest BCUT2D eigenvalue weighted by atomic mass is 10.1. The van der Waals surface area contributed by atoms with E-state index < -0.39 is 28.1 Å². The number of halogens is 3. The van der Waals surface area contributed by atoms with Crippen molar-refractivity contribution in [2.75, 3.05) is 29.2 Å². The molecule has 0 unspecified atom stereocenters. The molecule has 1 aliphatic rings. The number of hydrogen-bond donors (Lipinski definition) is 2. The van der Waals surface area contributed by atoms with Crippen molar-refractivity contribution in [3.05, 3.63) is 23.5 Å². The molecule has 0 aromatic heterocycles. The van der Waals surface area contributed by atoms with Crippen LogP contribution in [0, 0.1) is 5.82 Å². The van der Waals surface area contributed by atoms with Crippen molar-refractivity contribution in [3.63, 3.8) is 0 Å². The second-order valence-electron chi connectivity index (χ2n) is 5.22. The van der Waals surface area contributed by atoms with Gasteiger partial charge in [-0.1, -0.05) is 12.2 Å². The molecule has 12 heteroatoms. The number of thiocarbonyl (C=S) groups is 1. The molecular weight excluding hydrogens is 379 g/mol. The summed E-state index contributed by atoms with van der Waals surface area (Å²) >= 11 is 4.81. The summed E-state index contributed by atoms with van der Waals surface area (Å²) in [4.78, 5) is 0.941. The highest BCUT2D eigenvalue weighted by Gasteiger charge is 2.29. The molecule has 1 aromatic carbocycles. The number of anilines is 2. The Labute approximate surface area is 148 Å². The summed E-state index contributed by atoms with van der Waals surface area (Å²) in [6.07, 6.45) is -2.83. The topological polar surface area (TPSA) is 91.0 Å². The van der Waals surface area contributed by atoms with Gasteiger partial charge in [-0.25, -0.2) is 26.6 Å². The Kier molecular flexibility index (Phi) is 5.42. The van der Waals surface area contributed by atoms with Gasteiger partial charge >= 0.3 is 0 Å². The standard InChI is InChI=1S/C13H16F3N5O2S2/c1-3-25(22,23)19-9-5-10(8(14)4-7(9)12(17)24)21-6-20(2)13(18-21)11(15)16/h4-5,11,19H,3,6H2,1-2H3,(H2,17,24). The lowest BCUT2D eigenvalue weighted by Crippen LogP contribution is -2.30. The Balaban J connectivity index is 2.52. The molecule has 7 nitrogen and oxygen atoms in total. The molecule has 1 aliphatic heterocycles. The summed E-state index contributed by atoms with van der Waals surface area (Å²) in [6, 6.07) is 2.07. The van der Waals surface area contributed by atoms with Gasteiger partial charge in [-0.3, -0.25) is 4.72 Å². The predicted molar refractivity (Wildman–Crippen MR) is 93.9 cm³/mol. The minimum atomic E-state index is -3.69. The lowest BCUT2D eigenvalue weighted by Gasteiger charge is -2.19. The van der Waals surface area contributed by atoms with Crippen molar-refractivity contribution in [2.24, 2.45) is 10.8 Å². The number of nitrogens with two attached hydrogens (primary N) is 1. The van der Waals surface area contributed by atoms with Crippen LogP contribution in [0.1, 0.15) is 12.5 Å². The van der Waals surface area contributed by atoms with Gasteiger partial charge in [0.15, 0.2) is 5.84 Å². The molecule has 138 valence electrons. The van der Waals surface area contributed by atoms with Crippen LogP contribution in [-0.4, -0.2) is 50.0 Å². The van der Waals surface area contributed by atoms with Crippen LogP contribution < -0.4 is 15.5 Å². The third-order valence-electron chi connectivity index (χ3n) is 3.43. The van der Waals surface area contributed by atoms with Gasteiger partial charge < -0.3 is 10.6 Å². The molecule has 2 rings (SSSR count). The maximum atomic E-state index is 14.4. The molecule has 0 amide bonds. The number of sulfonamides is 1. The van der Waals surface area contributed by atoms with Crippen molar-refractivity contribution in [1.82, 2.24) is 4.90 Å². The molecule has 1 heterocycles. The molecule has 0 bridgehead atoms. The third-order valence-corrected chi connectivity index (χ3v) is 4.94. The maximum absolute atomic E-state index is 14.4. The molecule has 3 N–H and O–H groups in total. The van der Waals surface area contributed by atoms with Crippen molar-refractivity contribution in [2.45, 2.75) is 13.3 Å². The predicted octanol–water partition coefficient (Wildman–Crippen LogP) is 1.51. The van der Waals surface area contributed by atoms with Crippen LogP contribution in [0.2, 0.25) is 0 Å². The second-order valence-corrected chi connectivity index (χ2v) is 7.67. The minimum Gasteiger partial charge on any atom is -0.389 e. The molecule has 0 saturated carbocycles. The van der Waals surface area contributed by atoms with E-state index in [1.54, 1.807) is 0 Å². The van der Waals surface area contributed by atoms with Crippen LogP contribution >= 0.6 is 12.2 Å². The van der Waals surface area contributed by atoms with Crippen LogP contribution in [0.5, 0.6) is 0 Å². The Morgan fingerprint density at radius 2 is 2.12 bits per heavy atom. The van der Waals surface area contributed by atoms with E-state index in [2.05, 4.69) is 9.82 Å². The van der Waals surface area contributed by atoms with E-state index in [-0.39, 0.29) is 34.3 Å². The van der Waals surface area contributed by atoms with Crippen LogP contribution in [-0.2, 0) is 10.0 Å². The molecule has 25 heavy (non-hydrogen) atoms. The van der Waals surface area contributed by atoms with Gasteiger partial charge in [0.2, 0.25) is 10.0 Å². The number of amidine groups is 1. The first-order chi connectivity index (χ1) is 11.6. The summed E-state index contributed by atoms with van der Waals surface area (Å²) in [6.45, 7) is 1.30. The summed E-state index contributed by atoms with van der Waals surface area (Å²) < 4.78 is 66.1. The first-order valence-corrected chi connectivity index (χ1v) is 9.11. The van der Waals surface area contributed by atoms with Crippen molar-refractivity contribution >= 4 is 44.4 Å². The summed E-state index contributed by atoms with van der Waals surface area (Å²) in [7, 11) is -2.31. The third kappa shape index (κ3) is 4.12. The minimum absolute atomic E-state index is 0.0149. The number of benzene rings is 1. The van der Waals surface area contributed by atoms with Gasteiger partial charge in [-0.05, 0) is 19.1 Å². The SMILES string of the molecule is CCS(=O)(=O)Nc1cc(N2CN(C)C(C(F)F)=N2)c(F)cc1C(N)=S. The first-order valence-electron chi connectivity index (χ1n) is 7.05. The van der Waals surface area contributed by atoms with Crippen LogP contribution in [0.3, 0.4) is 0 Å². The van der Waals surface area contributed by atoms with E-state index in [4.69, 9.17) is 18.0 Å². The molecular formula is C13H16F3N5O2S2. The van der Waals surface area contributed by atoms with Crippen molar-refractivity contribution in [1.29, 1.82) is 0 Å². The number of hydrogen-bond acceptors (Lipinski definition) is 6. The van der Waals surface area contributed by atoms with E-state index in [0.29, 0.717) is 0 Å². The van der Waals surface area contributed by atoms with Gasteiger partial charge in [-0.15, -0.1) is 0 Å². The second kappa shape index (κ2) is 7.04. The highest BCUT2D eigenvalue weighted by molar-refractivity contribution is 7.92. The summed E-state index contributed by atoms with van der Waals surface area (Å²) in [5.41, 5.74) is 5.27. The fourth-order valence-electron chi connectivity index (χ4n) is 2.13. The van der Waals surface area contributed by atoms with E-state index >= 15 is 0 Å². The van der Waals surface area contributed by atoms with Crippen molar-refractivity contribution < 1.29 is 21.6 Å². The quantitative estimate of drug-likeness (QED) is 0.710. The lowest BCUT2D eigenvalue weighted by molar-refractivity contribution is 0.210. The van der Waals surface area contributed by atoms with Crippen LogP contribution in [0.25, 0.3) is 0 Å². The molecule has 0 saturated heterocycles. The van der Waals surface area contributed by atoms with Gasteiger partial charge in [0.1, 0.15) is 17.5 Å². The zero-order chi connectivity index (χ0) is 18.9. The van der Waals surface area contributed by atoms with Gasteiger partial charge in [0, 0.05) is 12.6 Å². The molecule has 1 aromatic rings. The molecule has 0 spiro atoms. The average Bonchev–Trinajstić information content (AvgIpc) is 2.90. The molecule has 0 aliphatic carbocycles. The van der Waals surface area contributed by atoms with Crippen molar-refractivity contribution in [3.8, 4) is 0 Å². The summed E-state index contributed by atoms with van der Waals surface area (Å²) in [5.74, 6) is -1.57. The van der Waals surface area contributed by atoms with E-state index in [0.717, 1.165) is 22.0 Å². The zero-order valence-electron chi connectivity index (χ0n) is 13.3. The van der Waals surface area contributed by atoms with E-state index in [1.807, 2.05) is 0 Å². The molecule has 0 fully saturated rings. The number of nitrogens with one attached hydrogen (secondary N) is 1.